The molecule has 2 aromatic heterocycles. The summed E-state index contributed by atoms with van der Waals surface area (Å²) >= 11 is 0. The lowest BCUT2D eigenvalue weighted by Gasteiger charge is -2.32. The topological polar surface area (TPSA) is 61.9 Å². The van der Waals surface area contributed by atoms with Crippen LogP contribution in [0.4, 0.5) is 4.39 Å². The van der Waals surface area contributed by atoms with Crippen molar-refractivity contribution in [2.45, 2.75) is 32.1 Å². The summed E-state index contributed by atoms with van der Waals surface area (Å²) in [6.45, 7) is 3.27. The Morgan fingerprint density at radius 1 is 1.29 bits per heavy atom. The van der Waals surface area contributed by atoms with E-state index in [1.165, 1.54) is 6.07 Å². The Morgan fingerprint density at radius 2 is 2.14 bits per heavy atom. The van der Waals surface area contributed by atoms with E-state index in [0.29, 0.717) is 18.5 Å². The van der Waals surface area contributed by atoms with Crippen molar-refractivity contribution in [2.24, 2.45) is 0 Å². The normalized spacial score (nSPS) is 16.9. The minimum absolute atomic E-state index is 0.0202. The van der Waals surface area contributed by atoms with Gasteiger partial charge in [0, 0.05) is 42.5 Å². The molecule has 3 heterocycles. The SMILES string of the molecule is Cc1[nH]ncc1C(=O)N1CCC[C@H](c2cccc(Cc3cccc(F)c3)n2)C1. The van der Waals surface area contributed by atoms with Crippen molar-refractivity contribution in [2.75, 3.05) is 13.1 Å². The number of carbonyl (C=O) groups excluding carboxylic acids is 1. The number of carbonyl (C=O) groups is 1. The molecule has 1 aliphatic rings. The highest BCUT2D eigenvalue weighted by Gasteiger charge is 2.27. The highest BCUT2D eigenvalue weighted by Crippen LogP contribution is 2.27. The molecule has 1 aliphatic heterocycles. The quantitative estimate of drug-likeness (QED) is 0.750. The number of piperidine rings is 1. The van der Waals surface area contributed by atoms with E-state index in [4.69, 9.17) is 4.98 Å². The van der Waals surface area contributed by atoms with Crippen LogP contribution in [-0.2, 0) is 6.42 Å². The molecule has 6 heteroatoms. The van der Waals surface area contributed by atoms with Crippen LogP contribution < -0.4 is 0 Å². The number of H-pyrrole nitrogens is 1. The van der Waals surface area contributed by atoms with Gasteiger partial charge in [-0.1, -0.05) is 18.2 Å². The maximum absolute atomic E-state index is 13.4. The van der Waals surface area contributed by atoms with Gasteiger partial charge in [0.1, 0.15) is 5.82 Å². The summed E-state index contributed by atoms with van der Waals surface area (Å²) in [5, 5.41) is 6.79. The molecule has 0 bridgehead atoms. The summed E-state index contributed by atoms with van der Waals surface area (Å²) in [7, 11) is 0. The zero-order chi connectivity index (χ0) is 19.5. The summed E-state index contributed by atoms with van der Waals surface area (Å²) in [6.07, 6.45) is 4.14. The number of hydrogen-bond acceptors (Lipinski definition) is 3. The number of halogens is 1. The average molecular weight is 378 g/mol. The van der Waals surface area contributed by atoms with E-state index < -0.39 is 0 Å². The zero-order valence-corrected chi connectivity index (χ0v) is 15.9. The smallest absolute Gasteiger partial charge is 0.257 e. The van der Waals surface area contributed by atoms with Crippen LogP contribution in [-0.4, -0.2) is 39.1 Å². The number of rotatable bonds is 4. The Labute approximate surface area is 163 Å². The largest absolute Gasteiger partial charge is 0.338 e. The molecule has 1 fully saturated rings. The van der Waals surface area contributed by atoms with Crippen LogP contribution in [0.2, 0.25) is 0 Å². The van der Waals surface area contributed by atoms with Crippen LogP contribution in [0.25, 0.3) is 0 Å². The highest BCUT2D eigenvalue weighted by molar-refractivity contribution is 5.95. The second-order valence-corrected chi connectivity index (χ2v) is 7.36. The fourth-order valence-corrected chi connectivity index (χ4v) is 3.82. The number of amides is 1. The van der Waals surface area contributed by atoms with Gasteiger partial charge in [0.25, 0.3) is 5.91 Å². The molecule has 0 saturated carbocycles. The molecule has 1 amide bonds. The number of aryl methyl sites for hydroxylation is 1. The molecule has 1 N–H and O–H groups in total. The maximum Gasteiger partial charge on any atom is 0.257 e. The third kappa shape index (κ3) is 3.96. The van der Waals surface area contributed by atoms with Gasteiger partial charge in [-0.25, -0.2) is 4.39 Å². The van der Waals surface area contributed by atoms with Crippen molar-refractivity contribution in [1.82, 2.24) is 20.1 Å². The van der Waals surface area contributed by atoms with Gasteiger partial charge < -0.3 is 4.90 Å². The van der Waals surface area contributed by atoms with Gasteiger partial charge in [-0.2, -0.15) is 5.10 Å². The summed E-state index contributed by atoms with van der Waals surface area (Å²) in [5.41, 5.74) is 4.24. The molecule has 5 nitrogen and oxygen atoms in total. The van der Waals surface area contributed by atoms with Gasteiger partial charge in [0.05, 0.1) is 11.8 Å². The molecule has 1 aromatic carbocycles. The van der Waals surface area contributed by atoms with E-state index in [1.807, 2.05) is 36.1 Å². The van der Waals surface area contributed by atoms with Crippen molar-refractivity contribution in [3.05, 3.63) is 82.7 Å². The lowest BCUT2D eigenvalue weighted by molar-refractivity contribution is 0.0705. The Hall–Kier alpha value is -3.02. The lowest BCUT2D eigenvalue weighted by atomic mass is 9.93. The van der Waals surface area contributed by atoms with E-state index in [0.717, 1.165) is 42.0 Å². The first-order valence-electron chi connectivity index (χ1n) is 9.59. The molecule has 144 valence electrons. The fourth-order valence-electron chi connectivity index (χ4n) is 3.82. The van der Waals surface area contributed by atoms with Crippen LogP contribution in [0.3, 0.4) is 0 Å². The lowest BCUT2D eigenvalue weighted by Crippen LogP contribution is -2.39. The zero-order valence-electron chi connectivity index (χ0n) is 15.9. The van der Waals surface area contributed by atoms with E-state index in [-0.39, 0.29) is 17.6 Å². The molecule has 1 atom stereocenters. The molecule has 0 spiro atoms. The molecule has 0 unspecified atom stereocenters. The van der Waals surface area contributed by atoms with Crippen LogP contribution in [0.15, 0.2) is 48.7 Å². The van der Waals surface area contributed by atoms with Gasteiger partial charge in [-0.05, 0) is 49.6 Å². The van der Waals surface area contributed by atoms with E-state index in [1.54, 1.807) is 18.3 Å². The minimum Gasteiger partial charge on any atom is -0.338 e. The van der Waals surface area contributed by atoms with Crippen molar-refractivity contribution >= 4 is 5.91 Å². The molecule has 0 radical (unpaired) electrons. The number of hydrogen-bond donors (Lipinski definition) is 1. The van der Waals surface area contributed by atoms with Crippen LogP contribution in [0, 0.1) is 12.7 Å². The number of aromatic amines is 1. The molecular weight excluding hydrogens is 355 g/mol. The second-order valence-electron chi connectivity index (χ2n) is 7.36. The monoisotopic (exact) mass is 378 g/mol. The molecule has 4 rings (SSSR count). The number of aromatic nitrogens is 3. The van der Waals surface area contributed by atoms with Gasteiger partial charge in [-0.3, -0.25) is 14.9 Å². The van der Waals surface area contributed by atoms with Gasteiger partial charge in [-0.15, -0.1) is 0 Å². The van der Waals surface area contributed by atoms with E-state index in [9.17, 15) is 9.18 Å². The summed E-state index contributed by atoms with van der Waals surface area (Å²) in [6, 6.07) is 12.6. The second kappa shape index (κ2) is 7.92. The Balaban J connectivity index is 1.49. The molecule has 0 aliphatic carbocycles. The third-order valence-corrected chi connectivity index (χ3v) is 5.29. The minimum atomic E-state index is -0.232. The highest BCUT2D eigenvalue weighted by atomic mass is 19.1. The van der Waals surface area contributed by atoms with Gasteiger partial charge in [0.2, 0.25) is 0 Å². The molecule has 1 saturated heterocycles. The number of pyridine rings is 1. The van der Waals surface area contributed by atoms with Crippen molar-refractivity contribution in [1.29, 1.82) is 0 Å². The Bertz CT molecular complexity index is 984. The maximum atomic E-state index is 13.4. The first-order chi connectivity index (χ1) is 13.6. The summed E-state index contributed by atoms with van der Waals surface area (Å²) in [5.74, 6) is -0.00568. The Morgan fingerprint density at radius 3 is 2.93 bits per heavy atom. The van der Waals surface area contributed by atoms with Crippen molar-refractivity contribution in [3.63, 3.8) is 0 Å². The molecule has 3 aromatic rings. The first-order valence-corrected chi connectivity index (χ1v) is 9.59. The predicted molar refractivity (Wildman–Crippen MR) is 105 cm³/mol. The number of nitrogens with one attached hydrogen (secondary N) is 1. The van der Waals surface area contributed by atoms with Gasteiger partial charge >= 0.3 is 0 Å². The van der Waals surface area contributed by atoms with Gasteiger partial charge in [0.15, 0.2) is 0 Å². The van der Waals surface area contributed by atoms with Crippen LogP contribution in [0.5, 0.6) is 0 Å². The van der Waals surface area contributed by atoms with Crippen molar-refractivity contribution < 1.29 is 9.18 Å². The number of likely N-dealkylation sites (tertiary alicyclic amines) is 1. The number of nitrogens with zero attached hydrogens (tertiary/aromatic N) is 3. The van der Waals surface area contributed by atoms with Crippen LogP contribution >= 0.6 is 0 Å². The average Bonchev–Trinajstić information content (AvgIpc) is 3.14. The molecular formula is C22H23FN4O. The first kappa shape index (κ1) is 18.3. The van der Waals surface area contributed by atoms with E-state index >= 15 is 0 Å². The number of benzene rings is 1. The standard InChI is InChI=1S/C22H23FN4O/c1-15-20(13-24-26-15)22(28)27-10-4-6-17(14-27)21-9-3-8-19(25-21)12-16-5-2-7-18(23)11-16/h2-3,5,7-9,11,13,17H,4,6,10,12,14H2,1H3,(H,24,26)/t17-/m0/s1. The fraction of sp³-hybridized carbons (Fsp3) is 0.318. The van der Waals surface area contributed by atoms with Crippen LogP contribution in [0.1, 0.15) is 51.8 Å². The predicted octanol–water partition coefficient (Wildman–Crippen LogP) is 3.86. The third-order valence-electron chi connectivity index (χ3n) is 5.29. The summed E-state index contributed by atoms with van der Waals surface area (Å²) < 4.78 is 13.4. The molecule has 28 heavy (non-hydrogen) atoms. The van der Waals surface area contributed by atoms with E-state index in [2.05, 4.69) is 10.2 Å². The Kier molecular flexibility index (Phi) is 5.19. The summed E-state index contributed by atoms with van der Waals surface area (Å²) in [4.78, 5) is 19.5. The van der Waals surface area contributed by atoms with Crippen molar-refractivity contribution in [3.8, 4) is 0 Å².